The number of aromatic nitrogens is 1. The molecule has 1 aliphatic heterocycles. The van der Waals surface area contributed by atoms with Crippen molar-refractivity contribution in [3.05, 3.63) is 11.1 Å². The fraction of sp³-hybridized carbons (Fsp3) is 0.727. The number of hydrogen-bond donors (Lipinski definition) is 2. The fourth-order valence-corrected chi connectivity index (χ4v) is 2.91. The van der Waals surface area contributed by atoms with Crippen molar-refractivity contribution < 1.29 is 5.11 Å². The first-order chi connectivity index (χ1) is 8.19. The van der Waals surface area contributed by atoms with Crippen LogP contribution in [0.1, 0.15) is 4.88 Å². The van der Waals surface area contributed by atoms with Crippen molar-refractivity contribution in [1.29, 1.82) is 0 Å². The SMILES string of the molecule is CN1CCN(c2ncc(CC(N)CO)s2)CC1.Cl. The average molecular weight is 293 g/mol. The van der Waals surface area contributed by atoms with E-state index in [9.17, 15) is 0 Å². The molecule has 1 aromatic rings. The molecular weight excluding hydrogens is 272 g/mol. The van der Waals surface area contributed by atoms with Crippen LogP contribution in [0.2, 0.25) is 0 Å². The van der Waals surface area contributed by atoms with E-state index < -0.39 is 0 Å². The molecule has 1 saturated heterocycles. The second-order valence-corrected chi connectivity index (χ2v) is 5.64. The van der Waals surface area contributed by atoms with E-state index in [1.807, 2.05) is 6.20 Å². The monoisotopic (exact) mass is 292 g/mol. The van der Waals surface area contributed by atoms with E-state index in [0.717, 1.165) is 36.2 Å². The lowest BCUT2D eigenvalue weighted by atomic mass is 10.2. The molecule has 1 aliphatic rings. The van der Waals surface area contributed by atoms with Crippen LogP contribution >= 0.6 is 23.7 Å². The minimum absolute atomic E-state index is 0. The highest BCUT2D eigenvalue weighted by molar-refractivity contribution is 7.15. The number of hydrogen-bond acceptors (Lipinski definition) is 6. The van der Waals surface area contributed by atoms with Crippen molar-refractivity contribution in [1.82, 2.24) is 9.88 Å². The van der Waals surface area contributed by atoms with Gasteiger partial charge in [0.05, 0.1) is 6.61 Å². The molecule has 1 fully saturated rings. The van der Waals surface area contributed by atoms with E-state index >= 15 is 0 Å². The van der Waals surface area contributed by atoms with Crippen LogP contribution < -0.4 is 10.6 Å². The summed E-state index contributed by atoms with van der Waals surface area (Å²) in [7, 11) is 2.14. The van der Waals surface area contributed by atoms with E-state index in [1.54, 1.807) is 11.3 Å². The molecule has 0 radical (unpaired) electrons. The minimum atomic E-state index is -0.171. The summed E-state index contributed by atoms with van der Waals surface area (Å²) >= 11 is 1.69. The third kappa shape index (κ3) is 4.07. The first-order valence-corrected chi connectivity index (χ1v) is 6.75. The summed E-state index contributed by atoms with van der Waals surface area (Å²) in [6.45, 7) is 4.28. The Hall–Kier alpha value is -0.400. The molecule has 0 amide bonds. The van der Waals surface area contributed by atoms with E-state index in [0.29, 0.717) is 6.42 Å². The van der Waals surface area contributed by atoms with Crippen LogP contribution in [0, 0.1) is 0 Å². The second kappa shape index (κ2) is 7.25. The molecule has 0 spiro atoms. The van der Waals surface area contributed by atoms with Gasteiger partial charge in [0.1, 0.15) is 0 Å². The zero-order chi connectivity index (χ0) is 12.3. The molecule has 1 unspecified atom stereocenters. The third-order valence-corrected chi connectivity index (χ3v) is 4.09. The molecule has 0 aliphatic carbocycles. The lowest BCUT2D eigenvalue weighted by Crippen LogP contribution is -2.44. The highest BCUT2D eigenvalue weighted by atomic mass is 35.5. The molecule has 104 valence electrons. The molecule has 3 N–H and O–H groups in total. The van der Waals surface area contributed by atoms with Gasteiger partial charge in [0, 0.05) is 49.7 Å². The van der Waals surface area contributed by atoms with Crippen molar-refractivity contribution in [2.75, 3.05) is 44.7 Å². The van der Waals surface area contributed by atoms with E-state index in [4.69, 9.17) is 10.8 Å². The van der Waals surface area contributed by atoms with Gasteiger partial charge in [0.15, 0.2) is 5.13 Å². The first kappa shape index (κ1) is 15.7. The standard InChI is InChI=1S/C11H20N4OS.ClH/c1-14-2-4-15(5-3-14)11-13-7-10(17-11)6-9(12)8-16;/h7,9,16H,2-6,8,12H2,1H3;1H. The van der Waals surface area contributed by atoms with Crippen molar-refractivity contribution in [3.8, 4) is 0 Å². The highest BCUT2D eigenvalue weighted by Gasteiger charge is 2.17. The Labute approximate surface area is 118 Å². The van der Waals surface area contributed by atoms with Crippen LogP contribution in [0.3, 0.4) is 0 Å². The summed E-state index contributed by atoms with van der Waals surface area (Å²) < 4.78 is 0. The van der Waals surface area contributed by atoms with E-state index in [1.165, 1.54) is 0 Å². The zero-order valence-corrected chi connectivity index (χ0v) is 12.2. The molecule has 0 saturated carbocycles. The molecular formula is C11H21ClN4OS. The maximum absolute atomic E-state index is 8.92. The van der Waals surface area contributed by atoms with Gasteiger partial charge in [-0.2, -0.15) is 0 Å². The van der Waals surface area contributed by atoms with Crippen LogP contribution in [0.25, 0.3) is 0 Å². The van der Waals surface area contributed by atoms with Crippen LogP contribution in [0.4, 0.5) is 5.13 Å². The van der Waals surface area contributed by atoms with Crippen molar-refractivity contribution in [3.63, 3.8) is 0 Å². The number of rotatable bonds is 4. The number of nitrogens with two attached hydrogens (primary N) is 1. The van der Waals surface area contributed by atoms with Crippen LogP contribution in [0.5, 0.6) is 0 Å². The maximum atomic E-state index is 8.92. The number of aliphatic hydroxyl groups is 1. The second-order valence-electron chi connectivity index (χ2n) is 4.55. The maximum Gasteiger partial charge on any atom is 0.185 e. The molecule has 5 nitrogen and oxygen atoms in total. The normalized spacial score (nSPS) is 18.5. The Kier molecular flexibility index (Phi) is 6.31. The number of aliphatic hydroxyl groups excluding tert-OH is 1. The number of nitrogens with zero attached hydrogens (tertiary/aromatic N) is 3. The zero-order valence-electron chi connectivity index (χ0n) is 10.6. The summed E-state index contributed by atoms with van der Waals surface area (Å²) in [5.74, 6) is 0. The largest absolute Gasteiger partial charge is 0.395 e. The van der Waals surface area contributed by atoms with E-state index in [-0.39, 0.29) is 25.1 Å². The first-order valence-electron chi connectivity index (χ1n) is 5.93. The van der Waals surface area contributed by atoms with Gasteiger partial charge < -0.3 is 20.6 Å². The van der Waals surface area contributed by atoms with Gasteiger partial charge in [-0.1, -0.05) is 0 Å². The smallest absolute Gasteiger partial charge is 0.185 e. The fourth-order valence-electron chi connectivity index (χ4n) is 1.86. The molecule has 1 atom stereocenters. The summed E-state index contributed by atoms with van der Waals surface area (Å²) in [4.78, 5) is 10.2. The Morgan fingerprint density at radius 3 is 2.72 bits per heavy atom. The minimum Gasteiger partial charge on any atom is -0.395 e. The number of halogens is 1. The number of anilines is 1. The molecule has 2 rings (SSSR count). The van der Waals surface area contributed by atoms with Crippen LogP contribution in [0.15, 0.2) is 6.20 Å². The molecule has 18 heavy (non-hydrogen) atoms. The molecule has 0 bridgehead atoms. The number of piperazine rings is 1. The summed E-state index contributed by atoms with van der Waals surface area (Å²) in [5, 5.41) is 10.0. The lowest BCUT2D eigenvalue weighted by molar-refractivity contribution is 0.265. The van der Waals surface area contributed by atoms with Gasteiger partial charge in [0.25, 0.3) is 0 Å². The Balaban J connectivity index is 0.00000162. The molecule has 0 aromatic carbocycles. The average Bonchev–Trinajstić information content (AvgIpc) is 2.78. The summed E-state index contributed by atoms with van der Waals surface area (Å²) in [6, 6.07) is -0.171. The predicted octanol–water partition coefficient (Wildman–Crippen LogP) is 0.179. The molecule has 1 aromatic heterocycles. The quantitative estimate of drug-likeness (QED) is 0.829. The van der Waals surface area contributed by atoms with Gasteiger partial charge in [-0.3, -0.25) is 0 Å². The third-order valence-electron chi connectivity index (χ3n) is 3.01. The summed E-state index contributed by atoms with van der Waals surface area (Å²) in [6.07, 6.45) is 2.59. The topological polar surface area (TPSA) is 65.6 Å². The van der Waals surface area contributed by atoms with Gasteiger partial charge in [-0.05, 0) is 7.05 Å². The predicted molar refractivity (Wildman–Crippen MR) is 77.8 cm³/mol. The molecule has 2 heterocycles. The number of thiazole rings is 1. The van der Waals surface area contributed by atoms with Crippen molar-refractivity contribution in [2.45, 2.75) is 12.5 Å². The molecule has 7 heteroatoms. The lowest BCUT2D eigenvalue weighted by Gasteiger charge is -2.32. The van der Waals surface area contributed by atoms with Crippen molar-refractivity contribution >= 4 is 28.9 Å². The van der Waals surface area contributed by atoms with Gasteiger partial charge in [-0.25, -0.2) is 4.98 Å². The Morgan fingerprint density at radius 1 is 1.44 bits per heavy atom. The highest BCUT2D eigenvalue weighted by Crippen LogP contribution is 2.24. The van der Waals surface area contributed by atoms with Crippen molar-refractivity contribution in [2.24, 2.45) is 5.73 Å². The van der Waals surface area contributed by atoms with Crippen LogP contribution in [-0.4, -0.2) is 60.9 Å². The Bertz CT molecular complexity index is 355. The Morgan fingerprint density at radius 2 is 2.11 bits per heavy atom. The summed E-state index contributed by atoms with van der Waals surface area (Å²) in [5.41, 5.74) is 5.72. The van der Waals surface area contributed by atoms with Crippen LogP contribution in [-0.2, 0) is 6.42 Å². The van der Waals surface area contributed by atoms with Gasteiger partial charge in [0.2, 0.25) is 0 Å². The van der Waals surface area contributed by atoms with Gasteiger partial charge >= 0.3 is 0 Å². The van der Waals surface area contributed by atoms with E-state index in [2.05, 4.69) is 21.8 Å². The number of likely N-dealkylation sites (N-methyl/N-ethyl adjacent to an activating group) is 1. The van der Waals surface area contributed by atoms with Gasteiger partial charge in [-0.15, -0.1) is 23.7 Å².